The number of carbonyl (C=O) groups excluding carboxylic acids is 2. The van der Waals surface area contributed by atoms with Crippen LogP contribution in [0.1, 0.15) is 5.56 Å². The van der Waals surface area contributed by atoms with Gasteiger partial charge >= 0.3 is 5.69 Å². The van der Waals surface area contributed by atoms with Gasteiger partial charge in [-0.25, -0.2) is 9.29 Å². The molecule has 2 N–H and O–H groups in total. The number of benzene rings is 2. The third-order valence-corrected chi connectivity index (χ3v) is 4.88. The second kappa shape index (κ2) is 7.59. The maximum Gasteiger partial charge on any atom is 0.312 e. The number of phenolic OH excluding ortho intramolecular Hbond substituents is 1. The molecule has 1 fully saturated rings. The van der Waals surface area contributed by atoms with E-state index in [9.17, 15) is 29.2 Å². The summed E-state index contributed by atoms with van der Waals surface area (Å²) < 4.78 is 14.3. The molecule has 0 saturated carbocycles. The maximum absolute atomic E-state index is 14.1. The van der Waals surface area contributed by atoms with Crippen LogP contribution in [-0.4, -0.2) is 27.0 Å². The number of phenols is 1. The van der Waals surface area contributed by atoms with Crippen LogP contribution in [0.5, 0.6) is 5.75 Å². The average Bonchev–Trinajstić information content (AvgIpc) is 2.62. The summed E-state index contributed by atoms with van der Waals surface area (Å²) in [5.74, 6) is -2.96. The molecule has 2 amide bonds. The first-order valence-corrected chi connectivity index (χ1v) is 9.02. The third kappa shape index (κ3) is 3.57. The zero-order valence-electron chi connectivity index (χ0n) is 13.7. The summed E-state index contributed by atoms with van der Waals surface area (Å²) in [6.07, 6.45) is 1.11. The van der Waals surface area contributed by atoms with Crippen molar-refractivity contribution in [2.75, 3.05) is 4.90 Å². The lowest BCUT2D eigenvalue weighted by Gasteiger charge is -2.29. The number of aromatic hydroxyl groups is 1. The van der Waals surface area contributed by atoms with Crippen LogP contribution in [0.3, 0.4) is 0 Å². The highest BCUT2D eigenvalue weighted by Crippen LogP contribution is 2.33. The van der Waals surface area contributed by atoms with Crippen LogP contribution in [0.4, 0.5) is 15.8 Å². The van der Waals surface area contributed by atoms with E-state index in [1.165, 1.54) is 24.3 Å². The zero-order chi connectivity index (χ0) is 20.6. The van der Waals surface area contributed by atoms with Gasteiger partial charge in [0.1, 0.15) is 11.4 Å². The highest BCUT2D eigenvalue weighted by molar-refractivity contribution is 14.1. The van der Waals surface area contributed by atoms with E-state index in [2.05, 4.69) is 5.32 Å². The van der Waals surface area contributed by atoms with Crippen molar-refractivity contribution in [1.82, 2.24) is 5.32 Å². The first-order chi connectivity index (χ1) is 13.2. The predicted octanol–water partition coefficient (Wildman–Crippen LogP) is 2.88. The number of rotatable bonds is 3. The van der Waals surface area contributed by atoms with Gasteiger partial charge in [0.25, 0.3) is 11.8 Å². The second-order valence-electron chi connectivity index (χ2n) is 5.54. The molecule has 0 bridgehead atoms. The number of hydrogen-bond acceptors (Lipinski definition) is 6. The van der Waals surface area contributed by atoms with Crippen LogP contribution in [0.15, 0.2) is 42.0 Å². The quantitative estimate of drug-likeness (QED) is 0.163. The highest BCUT2D eigenvalue weighted by atomic mass is 127. The number of nitrogens with zero attached hydrogens (tertiary/aromatic N) is 2. The summed E-state index contributed by atoms with van der Waals surface area (Å²) in [4.78, 5) is 36.2. The van der Waals surface area contributed by atoms with Gasteiger partial charge in [-0.15, -0.1) is 0 Å². The topological polar surface area (TPSA) is 113 Å². The minimum Gasteiger partial charge on any atom is -0.501 e. The lowest BCUT2D eigenvalue weighted by molar-refractivity contribution is -0.386. The zero-order valence-corrected chi connectivity index (χ0v) is 16.7. The Labute approximate surface area is 175 Å². The summed E-state index contributed by atoms with van der Waals surface area (Å²) in [6.45, 7) is 0. The Morgan fingerprint density at radius 2 is 1.96 bits per heavy atom. The van der Waals surface area contributed by atoms with E-state index in [-0.39, 0.29) is 19.9 Å². The van der Waals surface area contributed by atoms with Crippen molar-refractivity contribution < 1.29 is 24.0 Å². The molecule has 11 heteroatoms. The van der Waals surface area contributed by atoms with Crippen LogP contribution in [0, 0.1) is 19.5 Å². The number of hydrogen-bond donors (Lipinski definition) is 2. The van der Waals surface area contributed by atoms with Crippen LogP contribution in [-0.2, 0) is 9.59 Å². The van der Waals surface area contributed by atoms with Gasteiger partial charge in [0, 0.05) is 6.07 Å². The smallest absolute Gasteiger partial charge is 0.312 e. The van der Waals surface area contributed by atoms with Gasteiger partial charge in [-0.1, -0.05) is 12.1 Å². The molecule has 0 aromatic heterocycles. The molecule has 0 unspecified atom stereocenters. The highest BCUT2D eigenvalue weighted by Gasteiger charge is 2.35. The molecule has 1 saturated heterocycles. The van der Waals surface area contributed by atoms with Gasteiger partial charge < -0.3 is 5.11 Å². The van der Waals surface area contributed by atoms with Gasteiger partial charge in [-0.2, -0.15) is 0 Å². The molecular formula is C17H9FIN3O5S. The minimum atomic E-state index is -0.885. The number of halogens is 2. The molecule has 0 radical (unpaired) electrons. The number of nitro groups is 1. The Kier molecular flexibility index (Phi) is 5.38. The van der Waals surface area contributed by atoms with Crippen molar-refractivity contribution in [3.05, 3.63) is 67.0 Å². The predicted molar refractivity (Wildman–Crippen MR) is 110 cm³/mol. The average molecular weight is 513 g/mol. The maximum atomic E-state index is 14.1. The molecule has 1 aliphatic heterocycles. The molecule has 2 aromatic rings. The molecule has 1 heterocycles. The first-order valence-electron chi connectivity index (χ1n) is 7.53. The van der Waals surface area contributed by atoms with Crippen molar-refractivity contribution in [2.45, 2.75) is 0 Å². The van der Waals surface area contributed by atoms with E-state index >= 15 is 0 Å². The molecule has 3 rings (SSSR count). The molecule has 0 aliphatic carbocycles. The Balaban J connectivity index is 2.10. The number of amides is 2. The van der Waals surface area contributed by atoms with E-state index in [1.807, 2.05) is 0 Å². The fraction of sp³-hybridized carbons (Fsp3) is 0. The van der Waals surface area contributed by atoms with E-state index < -0.39 is 39.6 Å². The SMILES string of the molecule is O=C1NC(=S)N(c2ccccc2F)C(=O)/C1=C/c1cc(I)c(O)c([N+](=O)[O-])c1. The normalized spacial score (nSPS) is 15.7. The van der Waals surface area contributed by atoms with Crippen LogP contribution in [0.2, 0.25) is 0 Å². The summed E-state index contributed by atoms with van der Waals surface area (Å²) in [5.41, 5.74) is -0.986. The van der Waals surface area contributed by atoms with Gasteiger partial charge in [0.05, 0.1) is 14.2 Å². The van der Waals surface area contributed by atoms with Gasteiger partial charge in [-0.05, 0) is 64.6 Å². The Morgan fingerprint density at radius 3 is 2.61 bits per heavy atom. The summed E-state index contributed by atoms with van der Waals surface area (Å²) in [7, 11) is 0. The lowest BCUT2D eigenvalue weighted by Crippen LogP contribution is -2.54. The fourth-order valence-electron chi connectivity index (χ4n) is 2.50. The lowest BCUT2D eigenvalue weighted by atomic mass is 10.1. The standard InChI is InChI=1S/C17H9FIN3O5S/c18-10-3-1-2-4-12(10)21-16(25)9(15(24)20-17(21)28)5-8-6-11(19)14(23)13(7-8)22(26)27/h1-7,23H,(H,20,24,28)/b9-5+. The van der Waals surface area contributed by atoms with E-state index in [1.54, 1.807) is 22.6 Å². The first kappa shape index (κ1) is 19.8. The molecule has 1 aliphatic rings. The van der Waals surface area contributed by atoms with Crippen LogP contribution < -0.4 is 10.2 Å². The fourth-order valence-corrected chi connectivity index (χ4v) is 3.41. The van der Waals surface area contributed by atoms with Crippen molar-refractivity contribution in [3.8, 4) is 5.75 Å². The largest absolute Gasteiger partial charge is 0.501 e. The number of thiocarbonyl (C=S) groups is 1. The minimum absolute atomic E-state index is 0.133. The molecule has 8 nitrogen and oxygen atoms in total. The van der Waals surface area contributed by atoms with Crippen LogP contribution >= 0.6 is 34.8 Å². The molecular weight excluding hydrogens is 504 g/mol. The molecule has 0 spiro atoms. The molecule has 142 valence electrons. The summed E-state index contributed by atoms with van der Waals surface area (Å²) in [5, 5.41) is 22.9. The number of nitrogens with one attached hydrogen (secondary N) is 1. The Morgan fingerprint density at radius 1 is 1.29 bits per heavy atom. The summed E-state index contributed by atoms with van der Waals surface area (Å²) in [6, 6.07) is 7.77. The molecule has 2 aromatic carbocycles. The van der Waals surface area contributed by atoms with E-state index in [4.69, 9.17) is 12.2 Å². The molecule has 0 atom stereocenters. The number of para-hydroxylation sites is 1. The Hall–Kier alpha value is -2.93. The Bertz CT molecular complexity index is 1090. The van der Waals surface area contributed by atoms with Crippen molar-refractivity contribution in [2.24, 2.45) is 0 Å². The van der Waals surface area contributed by atoms with Crippen molar-refractivity contribution in [3.63, 3.8) is 0 Å². The number of anilines is 1. The van der Waals surface area contributed by atoms with Gasteiger partial charge in [0.2, 0.25) is 5.75 Å². The second-order valence-corrected chi connectivity index (χ2v) is 7.09. The third-order valence-electron chi connectivity index (χ3n) is 3.77. The van der Waals surface area contributed by atoms with E-state index in [0.29, 0.717) is 0 Å². The molecule has 28 heavy (non-hydrogen) atoms. The van der Waals surface area contributed by atoms with E-state index in [0.717, 1.165) is 23.1 Å². The van der Waals surface area contributed by atoms with Crippen molar-refractivity contribution >= 4 is 69.2 Å². The summed E-state index contributed by atoms with van der Waals surface area (Å²) >= 11 is 6.67. The van der Waals surface area contributed by atoms with Crippen LogP contribution in [0.25, 0.3) is 6.08 Å². The van der Waals surface area contributed by atoms with Gasteiger partial charge in [-0.3, -0.25) is 25.0 Å². The van der Waals surface area contributed by atoms with Gasteiger partial charge in [0.15, 0.2) is 5.11 Å². The van der Waals surface area contributed by atoms with Crippen molar-refractivity contribution in [1.29, 1.82) is 0 Å². The number of nitro benzene ring substituents is 1. The number of carbonyl (C=O) groups is 2. The monoisotopic (exact) mass is 513 g/mol.